The van der Waals surface area contributed by atoms with Crippen molar-refractivity contribution >= 4 is 41.6 Å². The predicted molar refractivity (Wildman–Crippen MR) is 41.9 cm³/mol. The van der Waals surface area contributed by atoms with Crippen molar-refractivity contribution in [3.05, 3.63) is 0 Å². The number of hydrogen-bond acceptors (Lipinski definition) is 16. The molecule has 0 atom stereocenters. The van der Waals surface area contributed by atoms with Gasteiger partial charge in [-0.05, 0) is 0 Å². The molecule has 0 heterocycles. The zero-order valence-electron chi connectivity index (χ0n) is 9.43. The Morgan fingerprint density at radius 2 is 0.292 bits per heavy atom. The van der Waals surface area contributed by atoms with Crippen molar-refractivity contribution in [2.45, 2.75) is 0 Å². The fourth-order valence-corrected chi connectivity index (χ4v) is 0. The van der Waals surface area contributed by atoms with Gasteiger partial charge in [0.05, 0.1) is 0 Å². The average Bonchev–Trinajstić information content (AvgIpc) is 1.62. The van der Waals surface area contributed by atoms with Gasteiger partial charge in [-0.25, -0.2) is 0 Å². The minimum absolute atomic E-state index is 0. The average molecular weight is 810 g/mol. The molecule has 0 aromatic rings. The van der Waals surface area contributed by atoms with Crippen LogP contribution in [0.3, 0.4) is 0 Å². The van der Waals surface area contributed by atoms with Crippen LogP contribution >= 0.6 is 0 Å². The smallest absolute Gasteiger partial charge is 0.759 e. The molecule has 0 spiro atoms. The molecule has 0 radical (unpaired) electrons. The maximum atomic E-state index is 8.52. The molecule has 0 bridgehead atoms. The van der Waals surface area contributed by atoms with Gasteiger partial charge in [-0.3, -0.25) is 33.7 Å². The van der Waals surface area contributed by atoms with Gasteiger partial charge >= 0.3 is 81.7 Å². The van der Waals surface area contributed by atoms with Crippen molar-refractivity contribution in [3.63, 3.8) is 0 Å². The van der Waals surface area contributed by atoms with Crippen LogP contribution in [-0.2, 0) is 123 Å². The number of rotatable bonds is 0. The second kappa shape index (κ2) is 21.4. The summed E-state index contributed by atoms with van der Waals surface area (Å²) in [5.74, 6) is 0. The van der Waals surface area contributed by atoms with Crippen molar-refractivity contribution in [1.29, 1.82) is 0 Å². The Bertz CT molecular complexity index is 483. The van der Waals surface area contributed by atoms with Gasteiger partial charge in [0.2, 0.25) is 0 Å². The Morgan fingerprint density at radius 1 is 0.292 bits per heavy atom. The van der Waals surface area contributed by atoms with E-state index in [-0.39, 0.29) is 81.7 Å². The van der Waals surface area contributed by atoms with Crippen LogP contribution in [0, 0.1) is 0 Å². The fourth-order valence-electron chi connectivity index (χ4n) is 0. The molecule has 0 unspecified atom stereocenters. The van der Waals surface area contributed by atoms with Crippen LogP contribution in [0.4, 0.5) is 0 Å². The van der Waals surface area contributed by atoms with Crippen molar-refractivity contribution < 1.29 is 152 Å². The molecule has 0 fully saturated rings. The summed E-state index contributed by atoms with van der Waals surface area (Å²) < 4.78 is 136. The molecule has 24 heavy (non-hydrogen) atoms. The SMILES string of the molecule is O=S(=O)([O-])[O-].O=S(=O)([O-])[O-].O=S(=O)([O-])[O-].O=S(=O)([O-])[O-].[Pd+2].[Pd+2].[Pd+2].[Pd+2]. The summed E-state index contributed by atoms with van der Waals surface area (Å²) in [4.78, 5) is 0. The molecule has 0 aliphatic heterocycles. The summed E-state index contributed by atoms with van der Waals surface area (Å²) in [6.45, 7) is 0. The molecule has 0 saturated carbocycles. The Balaban J connectivity index is -0.0000000225. The van der Waals surface area contributed by atoms with E-state index in [2.05, 4.69) is 0 Å². The summed E-state index contributed by atoms with van der Waals surface area (Å²) in [5.41, 5.74) is 0. The summed E-state index contributed by atoms with van der Waals surface area (Å²) in [5, 5.41) is 0. The molecule has 160 valence electrons. The van der Waals surface area contributed by atoms with E-state index in [1.54, 1.807) is 0 Å². The molecule has 0 aromatic carbocycles. The molecule has 24 heteroatoms. The second-order valence-electron chi connectivity index (χ2n) is 1.63. The minimum Gasteiger partial charge on any atom is -0.759 e. The molecule has 0 saturated heterocycles. The van der Waals surface area contributed by atoms with Crippen LogP contribution in [0.1, 0.15) is 0 Å². The Morgan fingerprint density at radius 3 is 0.292 bits per heavy atom. The van der Waals surface area contributed by atoms with Crippen LogP contribution in [0.2, 0.25) is 0 Å². The Labute approximate surface area is 191 Å². The van der Waals surface area contributed by atoms with Crippen molar-refractivity contribution in [3.8, 4) is 0 Å². The first-order chi connectivity index (χ1) is 8.00. The third-order valence-electron chi connectivity index (χ3n) is 0. The first kappa shape index (κ1) is 50.2. The standard InChI is InChI=1S/4H2O4S.4Pd/c4*1-5(2,3)4;;;;/h4*(H2,1,2,3,4);;;;/q;;;;4*+2/p-8. The van der Waals surface area contributed by atoms with Gasteiger partial charge in [0.25, 0.3) is 0 Å². The van der Waals surface area contributed by atoms with Gasteiger partial charge in [0.1, 0.15) is 0 Å². The second-order valence-corrected chi connectivity index (χ2v) is 4.90. The topological polar surface area (TPSA) is 321 Å². The van der Waals surface area contributed by atoms with E-state index in [0.29, 0.717) is 0 Å². The summed E-state index contributed by atoms with van der Waals surface area (Å²) >= 11 is 0. The zero-order valence-corrected chi connectivity index (χ0v) is 18.9. The Kier molecular flexibility index (Phi) is 44.8. The normalized spacial score (nSPS) is 9.67. The van der Waals surface area contributed by atoms with Crippen LogP contribution in [-0.4, -0.2) is 70.1 Å². The molecule has 0 N–H and O–H groups in total. The first-order valence-corrected chi connectivity index (χ1v) is 8.00. The zero-order chi connectivity index (χ0) is 18.0. The van der Waals surface area contributed by atoms with Crippen molar-refractivity contribution in [2.75, 3.05) is 0 Å². The summed E-state index contributed by atoms with van der Waals surface area (Å²) in [6.07, 6.45) is 0. The largest absolute Gasteiger partial charge is 2.00 e. The molecule has 0 aliphatic carbocycles. The molecule has 16 nitrogen and oxygen atoms in total. The molecular weight excluding hydrogens is 810 g/mol. The van der Waals surface area contributed by atoms with E-state index in [4.69, 9.17) is 70.1 Å². The van der Waals surface area contributed by atoms with E-state index in [1.807, 2.05) is 0 Å². The quantitative estimate of drug-likeness (QED) is 0.125. The van der Waals surface area contributed by atoms with E-state index in [9.17, 15) is 0 Å². The van der Waals surface area contributed by atoms with E-state index in [1.165, 1.54) is 0 Å². The molecule has 0 amide bonds. The van der Waals surface area contributed by atoms with E-state index in [0.717, 1.165) is 0 Å². The van der Waals surface area contributed by atoms with Gasteiger partial charge in [-0.1, -0.05) is 0 Å². The van der Waals surface area contributed by atoms with Gasteiger partial charge < -0.3 is 36.4 Å². The predicted octanol–water partition coefficient (Wildman–Crippen LogP) is -5.36. The first-order valence-electron chi connectivity index (χ1n) is 2.67. The third-order valence-corrected chi connectivity index (χ3v) is 0. The third kappa shape index (κ3) is 2850. The monoisotopic (exact) mass is 807 g/mol. The van der Waals surface area contributed by atoms with Crippen molar-refractivity contribution in [1.82, 2.24) is 0 Å². The fraction of sp³-hybridized carbons (Fsp3) is 0. The molecule has 0 rings (SSSR count). The minimum atomic E-state index is -5.17. The van der Waals surface area contributed by atoms with Gasteiger partial charge in [0.15, 0.2) is 0 Å². The van der Waals surface area contributed by atoms with E-state index >= 15 is 0 Å². The summed E-state index contributed by atoms with van der Waals surface area (Å²) in [7, 11) is -20.7. The van der Waals surface area contributed by atoms with E-state index < -0.39 is 41.6 Å². The maximum absolute atomic E-state index is 8.52. The molecular formula is O16Pd4S4. The molecule has 0 aromatic heterocycles. The van der Waals surface area contributed by atoms with Gasteiger partial charge in [0, 0.05) is 41.6 Å². The van der Waals surface area contributed by atoms with Crippen molar-refractivity contribution in [2.24, 2.45) is 0 Å². The molecule has 0 aliphatic rings. The van der Waals surface area contributed by atoms with Crippen LogP contribution in [0.5, 0.6) is 0 Å². The van der Waals surface area contributed by atoms with Crippen LogP contribution < -0.4 is 0 Å². The van der Waals surface area contributed by atoms with Gasteiger partial charge in [-0.2, -0.15) is 0 Å². The maximum Gasteiger partial charge on any atom is 2.00 e. The summed E-state index contributed by atoms with van der Waals surface area (Å²) in [6, 6.07) is 0. The van der Waals surface area contributed by atoms with Gasteiger partial charge in [-0.15, -0.1) is 0 Å². The van der Waals surface area contributed by atoms with Crippen LogP contribution in [0.25, 0.3) is 0 Å². The Hall–Kier alpha value is 2.13. The number of hydrogen-bond donors (Lipinski definition) is 0. The van der Waals surface area contributed by atoms with Crippen LogP contribution in [0.15, 0.2) is 0 Å².